The molecule has 0 amide bonds. The molecule has 1 heterocycles. The molecule has 120 valence electrons. The normalized spacial score (nSPS) is 11.3. The molecule has 0 bridgehead atoms. The molecule has 9 heteroatoms. The number of halogens is 3. The summed E-state index contributed by atoms with van der Waals surface area (Å²) in [5, 5.41) is 8.98. The van der Waals surface area contributed by atoms with Gasteiger partial charge in [0.15, 0.2) is 0 Å². The molecule has 0 atom stereocenters. The van der Waals surface area contributed by atoms with Crippen LogP contribution in [0.3, 0.4) is 0 Å². The second-order valence-corrected chi connectivity index (χ2v) is 4.32. The summed E-state index contributed by atoms with van der Waals surface area (Å²) in [7, 11) is 0. The number of carboxylic acids is 1. The predicted octanol–water partition coefficient (Wildman–Crippen LogP) is 2.52. The third-order valence-corrected chi connectivity index (χ3v) is 2.74. The van der Waals surface area contributed by atoms with E-state index >= 15 is 0 Å². The predicted molar refractivity (Wildman–Crippen MR) is 70.3 cm³/mol. The first kappa shape index (κ1) is 16.3. The monoisotopic (exact) mass is 328 g/mol. The Balaban J connectivity index is 2.36. The summed E-state index contributed by atoms with van der Waals surface area (Å²) in [5.74, 6) is -3.52. The van der Waals surface area contributed by atoms with E-state index in [-0.39, 0.29) is 16.7 Å². The van der Waals surface area contributed by atoms with E-state index in [0.29, 0.717) is 0 Å². The van der Waals surface area contributed by atoms with Crippen molar-refractivity contribution in [2.45, 2.75) is 6.18 Å². The van der Waals surface area contributed by atoms with Crippen molar-refractivity contribution in [2.24, 2.45) is 0 Å². The van der Waals surface area contributed by atoms with Gasteiger partial charge in [0.1, 0.15) is 22.5 Å². The number of alkyl halides is 3. The molecule has 1 aromatic heterocycles. The number of rotatable bonds is 3. The zero-order valence-electron chi connectivity index (χ0n) is 11.1. The van der Waals surface area contributed by atoms with Gasteiger partial charge < -0.3 is 14.3 Å². The highest BCUT2D eigenvalue weighted by molar-refractivity contribution is 5.93. The summed E-state index contributed by atoms with van der Waals surface area (Å²) < 4.78 is 46.2. The van der Waals surface area contributed by atoms with Crippen molar-refractivity contribution in [1.29, 1.82) is 0 Å². The second-order valence-electron chi connectivity index (χ2n) is 4.32. The SMILES string of the molecule is C=C(C(=O)Oc1ccc2cc(C(=O)O)c(=O)oc2c1)C(F)(F)F. The van der Waals surface area contributed by atoms with Crippen LogP contribution in [-0.2, 0) is 4.79 Å². The van der Waals surface area contributed by atoms with Gasteiger partial charge in [-0.1, -0.05) is 6.58 Å². The van der Waals surface area contributed by atoms with Crippen LogP contribution in [0, 0.1) is 0 Å². The van der Waals surface area contributed by atoms with Crippen LogP contribution in [0.25, 0.3) is 11.0 Å². The van der Waals surface area contributed by atoms with E-state index in [0.717, 1.165) is 18.2 Å². The van der Waals surface area contributed by atoms with Gasteiger partial charge in [0.05, 0.1) is 0 Å². The molecular weight excluding hydrogens is 321 g/mol. The van der Waals surface area contributed by atoms with Gasteiger partial charge in [-0.3, -0.25) is 0 Å². The van der Waals surface area contributed by atoms with Crippen LogP contribution in [0.15, 0.2) is 45.6 Å². The number of hydrogen-bond acceptors (Lipinski definition) is 5. The van der Waals surface area contributed by atoms with Crippen LogP contribution < -0.4 is 10.4 Å². The number of fused-ring (bicyclic) bond motifs is 1. The summed E-state index contributed by atoms with van der Waals surface area (Å²) in [4.78, 5) is 33.5. The van der Waals surface area contributed by atoms with Crippen molar-refractivity contribution in [2.75, 3.05) is 0 Å². The van der Waals surface area contributed by atoms with Crippen LogP contribution in [0.1, 0.15) is 10.4 Å². The van der Waals surface area contributed by atoms with Gasteiger partial charge >= 0.3 is 23.7 Å². The van der Waals surface area contributed by atoms with Crippen molar-refractivity contribution in [3.63, 3.8) is 0 Å². The van der Waals surface area contributed by atoms with Crippen molar-refractivity contribution in [3.8, 4) is 5.75 Å². The van der Waals surface area contributed by atoms with Gasteiger partial charge in [0.25, 0.3) is 0 Å². The average Bonchev–Trinajstić information content (AvgIpc) is 2.44. The highest BCUT2D eigenvalue weighted by Gasteiger charge is 2.38. The van der Waals surface area contributed by atoms with E-state index in [1.54, 1.807) is 0 Å². The lowest BCUT2D eigenvalue weighted by molar-refractivity contribution is -0.142. The maximum Gasteiger partial charge on any atom is 0.422 e. The van der Waals surface area contributed by atoms with Gasteiger partial charge in [-0.2, -0.15) is 13.2 Å². The fourth-order valence-electron chi connectivity index (χ4n) is 1.59. The molecule has 0 fully saturated rings. The van der Waals surface area contributed by atoms with E-state index < -0.39 is 34.9 Å². The summed E-state index contributed by atoms with van der Waals surface area (Å²) in [5.41, 5.74) is -3.59. The Bertz CT molecular complexity index is 878. The third-order valence-electron chi connectivity index (χ3n) is 2.74. The molecule has 0 aliphatic rings. The Morgan fingerprint density at radius 1 is 1.22 bits per heavy atom. The Hall–Kier alpha value is -3.10. The van der Waals surface area contributed by atoms with E-state index in [1.807, 2.05) is 0 Å². The number of carbonyl (C=O) groups is 2. The number of hydrogen-bond donors (Lipinski definition) is 1. The van der Waals surface area contributed by atoms with Gasteiger partial charge in [0, 0.05) is 11.5 Å². The minimum Gasteiger partial charge on any atom is -0.477 e. The van der Waals surface area contributed by atoms with Gasteiger partial charge in [-0.25, -0.2) is 14.4 Å². The smallest absolute Gasteiger partial charge is 0.422 e. The first-order chi connectivity index (χ1) is 10.6. The topological polar surface area (TPSA) is 93.8 Å². The molecule has 1 aromatic carbocycles. The van der Waals surface area contributed by atoms with Crippen LogP contribution in [-0.4, -0.2) is 23.2 Å². The summed E-state index contributed by atoms with van der Waals surface area (Å²) in [6, 6.07) is 4.37. The number of carbonyl (C=O) groups excluding carboxylic acids is 1. The molecule has 1 N–H and O–H groups in total. The minimum absolute atomic E-state index is 0.150. The Kier molecular flexibility index (Phi) is 3.96. The van der Waals surface area contributed by atoms with Gasteiger partial charge in [-0.15, -0.1) is 0 Å². The van der Waals surface area contributed by atoms with Gasteiger partial charge in [-0.05, 0) is 18.2 Å². The highest BCUT2D eigenvalue weighted by Crippen LogP contribution is 2.27. The number of esters is 1. The van der Waals surface area contributed by atoms with Crippen LogP contribution in [0.5, 0.6) is 5.75 Å². The first-order valence-corrected chi connectivity index (χ1v) is 5.89. The Morgan fingerprint density at radius 2 is 1.87 bits per heavy atom. The number of benzene rings is 1. The van der Waals surface area contributed by atoms with Crippen LogP contribution in [0.4, 0.5) is 13.2 Å². The van der Waals surface area contributed by atoms with E-state index in [4.69, 9.17) is 9.52 Å². The molecule has 2 aromatic rings. The largest absolute Gasteiger partial charge is 0.477 e. The minimum atomic E-state index is -4.93. The van der Waals surface area contributed by atoms with Crippen LogP contribution in [0.2, 0.25) is 0 Å². The summed E-state index contributed by atoms with van der Waals surface area (Å²) in [6.07, 6.45) is -4.93. The molecule has 0 aliphatic carbocycles. The fourth-order valence-corrected chi connectivity index (χ4v) is 1.59. The summed E-state index contributed by atoms with van der Waals surface area (Å²) in [6.45, 7) is 2.59. The van der Waals surface area contributed by atoms with E-state index in [2.05, 4.69) is 11.3 Å². The molecule has 0 spiro atoms. The number of aromatic carboxylic acids is 1. The Morgan fingerprint density at radius 3 is 2.43 bits per heavy atom. The van der Waals surface area contributed by atoms with Crippen LogP contribution >= 0.6 is 0 Å². The molecule has 2 rings (SSSR count). The maximum atomic E-state index is 12.3. The number of ether oxygens (including phenoxy) is 1. The lowest BCUT2D eigenvalue weighted by atomic mass is 10.2. The lowest BCUT2D eigenvalue weighted by Gasteiger charge is -2.09. The Labute approximate surface area is 125 Å². The quantitative estimate of drug-likeness (QED) is 0.403. The summed E-state index contributed by atoms with van der Waals surface area (Å²) >= 11 is 0. The molecule has 0 saturated carbocycles. The fraction of sp³-hybridized carbons (Fsp3) is 0.0714. The number of carboxylic acid groups (broad SMARTS) is 1. The van der Waals surface area contributed by atoms with E-state index in [9.17, 15) is 27.6 Å². The first-order valence-electron chi connectivity index (χ1n) is 5.89. The second kappa shape index (κ2) is 5.59. The van der Waals surface area contributed by atoms with Crippen molar-refractivity contribution in [1.82, 2.24) is 0 Å². The molecule has 0 radical (unpaired) electrons. The zero-order chi connectivity index (χ0) is 17.4. The lowest BCUT2D eigenvalue weighted by Crippen LogP contribution is -2.23. The molecule has 0 aliphatic heterocycles. The molecule has 0 saturated heterocycles. The highest BCUT2D eigenvalue weighted by atomic mass is 19.4. The standard InChI is InChI=1S/C14H7F3O6/c1-6(14(15,16)17)12(20)22-8-3-2-7-4-9(11(18)19)13(21)23-10(7)5-8/h2-5H,1H2,(H,18,19). The molecule has 0 unspecified atom stereocenters. The van der Waals surface area contributed by atoms with Crippen molar-refractivity contribution >= 4 is 22.9 Å². The van der Waals surface area contributed by atoms with Crippen molar-refractivity contribution < 1.29 is 37.0 Å². The third kappa shape index (κ3) is 3.39. The van der Waals surface area contributed by atoms with E-state index in [1.165, 1.54) is 6.07 Å². The zero-order valence-corrected chi connectivity index (χ0v) is 11.1. The maximum absolute atomic E-state index is 12.3. The molecular formula is C14H7F3O6. The average molecular weight is 328 g/mol. The molecule has 23 heavy (non-hydrogen) atoms. The van der Waals surface area contributed by atoms with Gasteiger partial charge in [0.2, 0.25) is 0 Å². The van der Waals surface area contributed by atoms with Crippen molar-refractivity contribution in [3.05, 3.63) is 52.4 Å². The molecule has 6 nitrogen and oxygen atoms in total.